The minimum absolute atomic E-state index is 0.642. The second-order valence-corrected chi connectivity index (χ2v) is 5.56. The van der Waals surface area contributed by atoms with Crippen LogP contribution in [0.4, 0.5) is 0 Å². The normalized spacial score (nSPS) is 25.6. The zero-order chi connectivity index (χ0) is 10.8. The second-order valence-electron chi connectivity index (χ2n) is 5.56. The van der Waals surface area contributed by atoms with Gasteiger partial charge < -0.3 is 5.73 Å². The monoisotopic (exact) mass is 210 g/mol. The van der Waals surface area contributed by atoms with Gasteiger partial charge in [-0.05, 0) is 37.5 Å². The summed E-state index contributed by atoms with van der Waals surface area (Å²) < 4.78 is 0. The molecule has 0 aromatic heterocycles. The Labute approximate surface area is 94.2 Å². The molecule has 2 rings (SSSR count). The molecule has 88 valence electrons. The number of hydrogen-bond acceptors (Lipinski definition) is 2. The summed E-state index contributed by atoms with van der Waals surface area (Å²) in [5, 5.41) is 0. The number of nitrogens with two attached hydrogens (primary N) is 1. The van der Waals surface area contributed by atoms with E-state index in [4.69, 9.17) is 5.73 Å². The summed E-state index contributed by atoms with van der Waals surface area (Å²) in [5.74, 6) is 1.76. The molecule has 2 heteroatoms. The average Bonchev–Trinajstić information content (AvgIpc) is 3.09. The van der Waals surface area contributed by atoms with Gasteiger partial charge in [0.1, 0.15) is 0 Å². The van der Waals surface area contributed by atoms with Gasteiger partial charge in [-0.2, -0.15) is 0 Å². The lowest BCUT2D eigenvalue weighted by Crippen LogP contribution is -2.47. The predicted molar refractivity (Wildman–Crippen MR) is 64.7 cm³/mol. The van der Waals surface area contributed by atoms with E-state index in [0.717, 1.165) is 24.4 Å². The minimum atomic E-state index is 0.642. The van der Waals surface area contributed by atoms with Gasteiger partial charge in [0.2, 0.25) is 0 Å². The van der Waals surface area contributed by atoms with Crippen molar-refractivity contribution in [3.63, 3.8) is 0 Å². The number of nitrogens with zero attached hydrogens (tertiary/aromatic N) is 1. The van der Waals surface area contributed by atoms with E-state index in [-0.39, 0.29) is 0 Å². The minimum Gasteiger partial charge on any atom is -0.329 e. The summed E-state index contributed by atoms with van der Waals surface area (Å²) in [6.07, 6.45) is 7.01. The van der Waals surface area contributed by atoms with Gasteiger partial charge in [0, 0.05) is 25.2 Å². The van der Waals surface area contributed by atoms with E-state index in [1.807, 2.05) is 0 Å². The first-order valence-electron chi connectivity index (χ1n) is 6.72. The molecule has 0 amide bonds. The lowest BCUT2D eigenvalue weighted by molar-refractivity contribution is 0.135. The topological polar surface area (TPSA) is 29.3 Å². The second kappa shape index (κ2) is 4.84. The van der Waals surface area contributed by atoms with Gasteiger partial charge in [-0.15, -0.1) is 0 Å². The highest BCUT2D eigenvalue weighted by Crippen LogP contribution is 2.37. The first-order valence-corrected chi connectivity index (χ1v) is 6.72. The molecule has 0 radical (unpaired) electrons. The van der Waals surface area contributed by atoms with E-state index >= 15 is 0 Å². The lowest BCUT2D eigenvalue weighted by Gasteiger charge is -2.35. The van der Waals surface area contributed by atoms with E-state index in [0.29, 0.717) is 6.04 Å². The van der Waals surface area contributed by atoms with Crippen molar-refractivity contribution in [3.8, 4) is 0 Å². The molecule has 0 heterocycles. The molecule has 2 saturated carbocycles. The van der Waals surface area contributed by atoms with Crippen molar-refractivity contribution in [2.24, 2.45) is 17.6 Å². The molecule has 2 N–H and O–H groups in total. The zero-order valence-electron chi connectivity index (χ0n) is 10.3. The lowest BCUT2D eigenvalue weighted by atomic mass is 9.97. The van der Waals surface area contributed by atoms with Crippen LogP contribution >= 0.6 is 0 Å². The van der Waals surface area contributed by atoms with Crippen LogP contribution in [0.5, 0.6) is 0 Å². The fraction of sp³-hybridized carbons (Fsp3) is 1.00. The summed E-state index contributed by atoms with van der Waals surface area (Å²) in [6, 6.07) is 1.52. The van der Waals surface area contributed by atoms with Gasteiger partial charge in [-0.25, -0.2) is 0 Å². The van der Waals surface area contributed by atoms with Crippen molar-refractivity contribution in [1.82, 2.24) is 4.90 Å². The van der Waals surface area contributed by atoms with Crippen LogP contribution in [0.25, 0.3) is 0 Å². The molecule has 0 aromatic rings. The Kier molecular flexibility index (Phi) is 3.68. The molecule has 2 aliphatic rings. The first-order chi connectivity index (χ1) is 7.26. The van der Waals surface area contributed by atoms with E-state index in [2.05, 4.69) is 18.7 Å². The summed E-state index contributed by atoms with van der Waals surface area (Å²) >= 11 is 0. The predicted octanol–water partition coefficient (Wildman–Crippen LogP) is 2.23. The average molecular weight is 210 g/mol. The summed E-state index contributed by atoms with van der Waals surface area (Å²) in [4.78, 5) is 2.74. The molecule has 0 spiro atoms. The van der Waals surface area contributed by atoms with Crippen LogP contribution in [0.2, 0.25) is 0 Å². The van der Waals surface area contributed by atoms with Crippen molar-refractivity contribution in [2.75, 3.05) is 13.1 Å². The number of hydrogen-bond donors (Lipinski definition) is 1. The molecule has 2 aliphatic carbocycles. The third-order valence-electron chi connectivity index (χ3n) is 4.15. The standard InChI is InChI=1S/C13H26N2/c1-3-10(2)13(8-14)15(12-6-7-12)9-11-4-5-11/h10-13H,3-9,14H2,1-2H3. The van der Waals surface area contributed by atoms with Crippen LogP contribution in [0, 0.1) is 11.8 Å². The largest absolute Gasteiger partial charge is 0.329 e. The van der Waals surface area contributed by atoms with E-state index in [1.54, 1.807) is 0 Å². The molecule has 2 unspecified atom stereocenters. The third kappa shape index (κ3) is 2.94. The molecular weight excluding hydrogens is 184 g/mol. The maximum absolute atomic E-state index is 5.97. The van der Waals surface area contributed by atoms with Gasteiger partial charge in [-0.3, -0.25) is 4.90 Å². The fourth-order valence-corrected chi connectivity index (χ4v) is 2.53. The Hall–Kier alpha value is -0.0800. The Morgan fingerprint density at radius 3 is 2.33 bits per heavy atom. The highest BCUT2D eigenvalue weighted by Gasteiger charge is 2.38. The van der Waals surface area contributed by atoms with Crippen LogP contribution < -0.4 is 5.73 Å². The van der Waals surface area contributed by atoms with Crippen LogP contribution in [0.1, 0.15) is 46.0 Å². The maximum Gasteiger partial charge on any atom is 0.0246 e. The molecule has 0 bridgehead atoms. The smallest absolute Gasteiger partial charge is 0.0246 e. The van der Waals surface area contributed by atoms with Crippen LogP contribution in [0.15, 0.2) is 0 Å². The van der Waals surface area contributed by atoms with Crippen LogP contribution in [-0.2, 0) is 0 Å². The van der Waals surface area contributed by atoms with Crippen molar-refractivity contribution in [3.05, 3.63) is 0 Å². The summed E-state index contributed by atoms with van der Waals surface area (Å²) in [7, 11) is 0. The highest BCUT2D eigenvalue weighted by molar-refractivity contribution is 4.93. The SMILES string of the molecule is CCC(C)C(CN)N(CC1CC1)C1CC1. The van der Waals surface area contributed by atoms with Gasteiger partial charge in [0.15, 0.2) is 0 Å². The summed E-state index contributed by atoms with van der Waals surface area (Å²) in [5.41, 5.74) is 5.97. The van der Waals surface area contributed by atoms with Crippen molar-refractivity contribution in [2.45, 2.75) is 58.0 Å². The van der Waals surface area contributed by atoms with Crippen molar-refractivity contribution in [1.29, 1.82) is 0 Å². The first kappa shape index (κ1) is 11.4. The van der Waals surface area contributed by atoms with E-state index < -0.39 is 0 Å². The van der Waals surface area contributed by atoms with Gasteiger partial charge in [-0.1, -0.05) is 20.3 Å². The van der Waals surface area contributed by atoms with Gasteiger partial charge in [0.05, 0.1) is 0 Å². The van der Waals surface area contributed by atoms with Crippen LogP contribution in [0.3, 0.4) is 0 Å². The van der Waals surface area contributed by atoms with E-state index in [1.165, 1.54) is 38.6 Å². The highest BCUT2D eigenvalue weighted by atomic mass is 15.2. The Bertz CT molecular complexity index is 197. The van der Waals surface area contributed by atoms with Gasteiger partial charge >= 0.3 is 0 Å². The zero-order valence-corrected chi connectivity index (χ0v) is 10.3. The molecule has 2 nitrogen and oxygen atoms in total. The molecule has 15 heavy (non-hydrogen) atoms. The number of rotatable bonds is 7. The maximum atomic E-state index is 5.97. The molecule has 2 atom stereocenters. The molecule has 2 fully saturated rings. The van der Waals surface area contributed by atoms with Crippen molar-refractivity contribution >= 4 is 0 Å². The molecule has 0 aromatic carbocycles. The summed E-state index contributed by atoms with van der Waals surface area (Å²) in [6.45, 7) is 6.82. The molecule has 0 saturated heterocycles. The fourth-order valence-electron chi connectivity index (χ4n) is 2.53. The Balaban J connectivity index is 1.92. The van der Waals surface area contributed by atoms with Crippen LogP contribution in [-0.4, -0.2) is 30.1 Å². The quantitative estimate of drug-likeness (QED) is 0.698. The Morgan fingerprint density at radius 2 is 1.93 bits per heavy atom. The van der Waals surface area contributed by atoms with Crippen molar-refractivity contribution < 1.29 is 0 Å². The third-order valence-corrected chi connectivity index (χ3v) is 4.15. The molecular formula is C13H26N2. The van der Waals surface area contributed by atoms with E-state index in [9.17, 15) is 0 Å². The van der Waals surface area contributed by atoms with Gasteiger partial charge in [0.25, 0.3) is 0 Å². The Morgan fingerprint density at radius 1 is 1.27 bits per heavy atom. The molecule has 0 aliphatic heterocycles.